The third kappa shape index (κ3) is 4.86. The van der Waals surface area contributed by atoms with Crippen molar-refractivity contribution in [1.29, 1.82) is 0 Å². The Kier molecular flexibility index (Phi) is 7.20. The van der Waals surface area contributed by atoms with E-state index in [1.165, 1.54) is 32.2 Å². The van der Waals surface area contributed by atoms with Crippen molar-refractivity contribution in [1.82, 2.24) is 9.55 Å². The third-order valence-electron chi connectivity index (χ3n) is 5.47. The Balaban J connectivity index is 1.59. The Labute approximate surface area is 210 Å². The Morgan fingerprint density at radius 3 is 2.42 bits per heavy atom. The smallest absolute Gasteiger partial charge is 0.266 e. The molecule has 0 fully saturated rings. The van der Waals surface area contributed by atoms with Crippen LogP contribution in [0.5, 0.6) is 17.2 Å². The number of aromatic nitrogens is 2. The van der Waals surface area contributed by atoms with Crippen LogP contribution in [0.2, 0.25) is 0 Å². The van der Waals surface area contributed by atoms with Gasteiger partial charge in [-0.3, -0.25) is 19.0 Å². The van der Waals surface area contributed by atoms with Crippen molar-refractivity contribution in [2.24, 2.45) is 0 Å². The molecule has 0 unspecified atom stereocenters. The molecule has 0 aliphatic rings. The summed E-state index contributed by atoms with van der Waals surface area (Å²) in [5.41, 5.74) is 0.991. The van der Waals surface area contributed by atoms with E-state index in [0.717, 1.165) is 11.3 Å². The molecule has 36 heavy (non-hydrogen) atoms. The summed E-state index contributed by atoms with van der Waals surface area (Å²) >= 11 is 1.11. The fraction of sp³-hybridized carbons (Fsp3) is 0.200. The molecule has 2 N–H and O–H groups in total. The summed E-state index contributed by atoms with van der Waals surface area (Å²) in [4.78, 5) is 44.0. The van der Waals surface area contributed by atoms with Crippen LogP contribution in [0.1, 0.15) is 15.2 Å². The van der Waals surface area contributed by atoms with Gasteiger partial charge in [0.2, 0.25) is 5.91 Å². The molecule has 0 atom stereocenters. The zero-order valence-electron chi connectivity index (χ0n) is 20.1. The fourth-order valence-corrected chi connectivity index (χ4v) is 4.71. The summed E-state index contributed by atoms with van der Waals surface area (Å²) < 4.78 is 17.0. The number of rotatable bonds is 8. The van der Waals surface area contributed by atoms with Crippen LogP contribution in [0, 0.1) is 6.92 Å². The number of hydrogen-bond donors (Lipinski definition) is 2. The monoisotopic (exact) mass is 508 g/mol. The maximum absolute atomic E-state index is 13.2. The number of ether oxygens (including phenoxy) is 3. The second-order valence-corrected chi connectivity index (χ2v) is 8.68. The molecule has 0 saturated carbocycles. The molecule has 4 rings (SSSR count). The molecule has 4 aromatic rings. The lowest BCUT2D eigenvalue weighted by molar-refractivity contribution is -0.116. The first-order valence-corrected chi connectivity index (χ1v) is 11.6. The van der Waals surface area contributed by atoms with Crippen molar-refractivity contribution in [3.63, 3.8) is 0 Å². The van der Waals surface area contributed by atoms with Gasteiger partial charge in [0.05, 0.1) is 49.3 Å². The lowest BCUT2D eigenvalue weighted by Crippen LogP contribution is -2.28. The highest BCUT2D eigenvalue weighted by molar-refractivity contribution is 7.20. The standard InChI is InChI=1S/C25H24N4O6S/c1-14-21-24(36-22(14)23(31)28-16-7-5-6-8-18(16)34-3)26-13-29(25(21)32)12-20(30)27-17-11-15(33-2)9-10-19(17)35-4/h5-11,13H,12H2,1-4H3,(H,27,30)(H,28,31). The average molecular weight is 509 g/mol. The number of aryl methyl sites for hydroxylation is 1. The third-order valence-corrected chi connectivity index (χ3v) is 6.67. The lowest BCUT2D eigenvalue weighted by Gasteiger charge is -2.12. The van der Waals surface area contributed by atoms with Gasteiger partial charge in [-0.2, -0.15) is 0 Å². The SMILES string of the molecule is COc1ccc(OC)c(NC(=O)Cn2cnc3sc(C(=O)Nc4ccccc4OC)c(C)c3c2=O)c1. The van der Waals surface area contributed by atoms with Crippen LogP contribution in [0.4, 0.5) is 11.4 Å². The van der Waals surface area contributed by atoms with E-state index in [1.807, 2.05) is 0 Å². The number of methoxy groups -OCH3 is 3. The number of fused-ring (bicyclic) bond motifs is 1. The summed E-state index contributed by atoms with van der Waals surface area (Å²) in [5.74, 6) is 0.674. The maximum Gasteiger partial charge on any atom is 0.266 e. The number of para-hydroxylation sites is 2. The second kappa shape index (κ2) is 10.5. The quantitative estimate of drug-likeness (QED) is 0.372. The molecule has 0 saturated heterocycles. The van der Waals surface area contributed by atoms with E-state index in [1.54, 1.807) is 49.4 Å². The van der Waals surface area contributed by atoms with Gasteiger partial charge in [-0.1, -0.05) is 12.1 Å². The number of carbonyl (C=O) groups excluding carboxylic acids is 2. The zero-order valence-corrected chi connectivity index (χ0v) is 20.9. The maximum atomic E-state index is 13.2. The largest absolute Gasteiger partial charge is 0.497 e. The summed E-state index contributed by atoms with van der Waals surface area (Å²) in [6.45, 7) is 1.41. The Morgan fingerprint density at radius 2 is 1.69 bits per heavy atom. The average Bonchev–Trinajstić information content (AvgIpc) is 3.23. The highest BCUT2D eigenvalue weighted by Crippen LogP contribution is 2.30. The summed E-state index contributed by atoms with van der Waals surface area (Å²) in [5, 5.41) is 5.84. The van der Waals surface area contributed by atoms with E-state index >= 15 is 0 Å². The van der Waals surface area contributed by atoms with Crippen molar-refractivity contribution in [2.45, 2.75) is 13.5 Å². The van der Waals surface area contributed by atoms with Gasteiger partial charge in [0.1, 0.15) is 28.6 Å². The van der Waals surface area contributed by atoms with Crippen LogP contribution in [0.25, 0.3) is 10.2 Å². The molecule has 2 aromatic carbocycles. The van der Waals surface area contributed by atoms with Gasteiger partial charge in [-0.05, 0) is 36.8 Å². The van der Waals surface area contributed by atoms with Gasteiger partial charge in [0.25, 0.3) is 11.5 Å². The highest BCUT2D eigenvalue weighted by Gasteiger charge is 2.21. The van der Waals surface area contributed by atoms with Gasteiger partial charge in [-0.15, -0.1) is 11.3 Å². The highest BCUT2D eigenvalue weighted by atomic mass is 32.1. The predicted octanol–water partition coefficient (Wildman–Crippen LogP) is 3.68. The van der Waals surface area contributed by atoms with E-state index in [4.69, 9.17) is 14.2 Å². The minimum atomic E-state index is -0.452. The number of carbonyl (C=O) groups is 2. The molecular formula is C25H24N4O6S. The van der Waals surface area contributed by atoms with Gasteiger partial charge in [0.15, 0.2) is 0 Å². The zero-order chi connectivity index (χ0) is 25.8. The van der Waals surface area contributed by atoms with Crippen molar-refractivity contribution >= 4 is 44.7 Å². The van der Waals surface area contributed by atoms with Crippen LogP contribution in [0.15, 0.2) is 53.6 Å². The van der Waals surface area contributed by atoms with Crippen LogP contribution >= 0.6 is 11.3 Å². The molecule has 0 spiro atoms. The number of benzene rings is 2. The number of anilines is 2. The van der Waals surface area contributed by atoms with Gasteiger partial charge in [-0.25, -0.2) is 4.98 Å². The first-order valence-electron chi connectivity index (χ1n) is 10.8. The predicted molar refractivity (Wildman–Crippen MR) is 138 cm³/mol. The summed E-state index contributed by atoms with van der Waals surface area (Å²) in [6, 6.07) is 12.0. The van der Waals surface area contributed by atoms with Crippen molar-refractivity contribution in [3.05, 3.63) is 69.6 Å². The number of nitrogens with zero attached hydrogens (tertiary/aromatic N) is 2. The van der Waals surface area contributed by atoms with Crippen molar-refractivity contribution < 1.29 is 23.8 Å². The molecular weight excluding hydrogens is 484 g/mol. The molecule has 0 aliphatic carbocycles. The molecule has 2 aromatic heterocycles. The van der Waals surface area contributed by atoms with E-state index in [-0.39, 0.29) is 12.5 Å². The molecule has 2 heterocycles. The van der Waals surface area contributed by atoms with E-state index in [0.29, 0.717) is 49.3 Å². The Hall–Kier alpha value is -4.38. The van der Waals surface area contributed by atoms with E-state index in [9.17, 15) is 14.4 Å². The topological polar surface area (TPSA) is 121 Å². The van der Waals surface area contributed by atoms with Crippen LogP contribution in [-0.2, 0) is 11.3 Å². The molecule has 2 amide bonds. The Bertz CT molecular complexity index is 1510. The van der Waals surface area contributed by atoms with Gasteiger partial charge in [0, 0.05) is 6.07 Å². The van der Waals surface area contributed by atoms with Gasteiger partial charge >= 0.3 is 0 Å². The lowest BCUT2D eigenvalue weighted by atomic mass is 10.2. The van der Waals surface area contributed by atoms with Crippen LogP contribution < -0.4 is 30.4 Å². The normalized spacial score (nSPS) is 10.7. The minimum Gasteiger partial charge on any atom is -0.497 e. The number of hydrogen-bond acceptors (Lipinski definition) is 8. The number of thiophene rings is 1. The van der Waals surface area contributed by atoms with Crippen LogP contribution in [0.3, 0.4) is 0 Å². The van der Waals surface area contributed by atoms with E-state index in [2.05, 4.69) is 15.6 Å². The van der Waals surface area contributed by atoms with Crippen LogP contribution in [-0.4, -0.2) is 42.7 Å². The molecule has 10 nitrogen and oxygen atoms in total. The molecule has 186 valence electrons. The Morgan fingerprint density at radius 1 is 0.972 bits per heavy atom. The summed E-state index contributed by atoms with van der Waals surface area (Å²) in [6.07, 6.45) is 1.30. The van der Waals surface area contributed by atoms with Crippen molar-refractivity contribution in [2.75, 3.05) is 32.0 Å². The number of nitrogens with one attached hydrogen (secondary N) is 2. The minimum absolute atomic E-state index is 0.278. The molecule has 11 heteroatoms. The summed E-state index contributed by atoms with van der Waals surface area (Å²) in [7, 11) is 4.52. The molecule has 0 aliphatic heterocycles. The first kappa shape index (κ1) is 24.7. The fourth-order valence-electron chi connectivity index (χ4n) is 3.67. The molecule has 0 radical (unpaired) electrons. The first-order chi connectivity index (χ1) is 17.4. The van der Waals surface area contributed by atoms with Gasteiger partial charge < -0.3 is 24.8 Å². The number of amides is 2. The van der Waals surface area contributed by atoms with E-state index < -0.39 is 11.5 Å². The molecule has 0 bridgehead atoms. The van der Waals surface area contributed by atoms with Crippen molar-refractivity contribution in [3.8, 4) is 17.2 Å². The second-order valence-electron chi connectivity index (χ2n) is 7.68.